The van der Waals surface area contributed by atoms with Crippen LogP contribution in [0.5, 0.6) is 0 Å². The first-order valence-corrected chi connectivity index (χ1v) is 6.58. The molecule has 2 amide bonds. The molecule has 1 aromatic rings. The van der Waals surface area contributed by atoms with E-state index in [0.29, 0.717) is 13.1 Å². The Hall–Kier alpha value is -2.11. The fourth-order valence-electron chi connectivity index (χ4n) is 1.79. The number of carboxylic acids is 1. The Bertz CT molecular complexity index is 450. The molecule has 1 unspecified atom stereocenters. The molecule has 1 aromatic heterocycles. The van der Waals surface area contributed by atoms with Gasteiger partial charge in [-0.2, -0.15) is 0 Å². The van der Waals surface area contributed by atoms with Gasteiger partial charge >= 0.3 is 12.0 Å². The lowest BCUT2D eigenvalue weighted by molar-refractivity contribution is -0.141. The molecule has 0 bridgehead atoms. The summed E-state index contributed by atoms with van der Waals surface area (Å²) in [6.45, 7) is 4.51. The second kappa shape index (κ2) is 7.47. The lowest BCUT2D eigenvalue weighted by Gasteiger charge is -2.28. The summed E-state index contributed by atoms with van der Waals surface area (Å²) in [5.41, 5.74) is 0.797. The number of carbonyl (C=O) groups excluding carboxylic acids is 1. The van der Waals surface area contributed by atoms with Crippen LogP contribution < -0.4 is 0 Å². The number of nitrogens with zero attached hydrogens (tertiary/aromatic N) is 3. The summed E-state index contributed by atoms with van der Waals surface area (Å²) >= 11 is 0. The highest BCUT2D eigenvalue weighted by molar-refractivity contribution is 5.75. The monoisotopic (exact) mass is 279 g/mol. The van der Waals surface area contributed by atoms with Gasteiger partial charge in [0.05, 0.1) is 18.2 Å². The Morgan fingerprint density at radius 2 is 2.10 bits per heavy atom. The number of hydrogen-bond donors (Lipinski definition) is 1. The van der Waals surface area contributed by atoms with Gasteiger partial charge in [-0.15, -0.1) is 0 Å². The van der Waals surface area contributed by atoms with Gasteiger partial charge < -0.3 is 14.9 Å². The summed E-state index contributed by atoms with van der Waals surface area (Å²) in [5, 5.41) is 8.92. The van der Waals surface area contributed by atoms with Crippen molar-refractivity contribution in [1.29, 1.82) is 0 Å². The molecule has 20 heavy (non-hydrogen) atoms. The first-order valence-electron chi connectivity index (χ1n) is 6.58. The molecule has 6 heteroatoms. The maximum atomic E-state index is 12.3. The van der Waals surface area contributed by atoms with Crippen molar-refractivity contribution in [3.05, 3.63) is 30.1 Å². The summed E-state index contributed by atoms with van der Waals surface area (Å²) in [5.74, 6) is -1.48. The van der Waals surface area contributed by atoms with Gasteiger partial charge in [0.2, 0.25) is 0 Å². The highest BCUT2D eigenvalue weighted by atomic mass is 16.4. The van der Waals surface area contributed by atoms with Crippen LogP contribution in [0.4, 0.5) is 4.79 Å². The van der Waals surface area contributed by atoms with E-state index in [9.17, 15) is 9.59 Å². The number of aromatic nitrogens is 1. The molecule has 0 saturated heterocycles. The summed E-state index contributed by atoms with van der Waals surface area (Å²) in [6.07, 6.45) is 1.68. The molecule has 0 aromatic carbocycles. The van der Waals surface area contributed by atoms with Gasteiger partial charge in [0, 0.05) is 26.3 Å². The Balaban J connectivity index is 2.63. The second-order valence-corrected chi connectivity index (χ2v) is 4.74. The molecule has 0 aliphatic rings. The van der Waals surface area contributed by atoms with Crippen molar-refractivity contribution in [2.24, 2.45) is 5.92 Å². The van der Waals surface area contributed by atoms with Gasteiger partial charge in [0.1, 0.15) is 0 Å². The van der Waals surface area contributed by atoms with Crippen LogP contribution in [0, 0.1) is 5.92 Å². The number of carboxylic acid groups (broad SMARTS) is 1. The Labute approximate surface area is 119 Å². The number of rotatable bonds is 6. The number of pyridine rings is 1. The quantitative estimate of drug-likeness (QED) is 0.859. The SMILES string of the molecule is CCN(CC(C)C(=O)O)C(=O)N(C)Cc1ccccn1. The summed E-state index contributed by atoms with van der Waals surface area (Å²) in [7, 11) is 1.69. The standard InChI is InChI=1S/C14H21N3O3/c1-4-17(9-11(2)13(18)19)14(20)16(3)10-12-7-5-6-8-15-12/h5-8,11H,4,9-10H2,1-3H3,(H,18,19). The largest absolute Gasteiger partial charge is 0.481 e. The zero-order valence-corrected chi connectivity index (χ0v) is 12.1. The maximum Gasteiger partial charge on any atom is 0.320 e. The van der Waals surface area contributed by atoms with E-state index in [-0.39, 0.29) is 12.6 Å². The molecular formula is C14H21N3O3. The molecule has 110 valence electrons. The van der Waals surface area contributed by atoms with E-state index >= 15 is 0 Å². The second-order valence-electron chi connectivity index (χ2n) is 4.74. The first-order chi connectivity index (χ1) is 9.45. The summed E-state index contributed by atoms with van der Waals surface area (Å²) < 4.78 is 0. The van der Waals surface area contributed by atoms with Gasteiger partial charge in [0.25, 0.3) is 0 Å². The molecule has 1 N–H and O–H groups in total. The van der Waals surface area contributed by atoms with Crippen molar-refractivity contribution in [2.75, 3.05) is 20.1 Å². The highest BCUT2D eigenvalue weighted by Gasteiger charge is 2.21. The molecule has 0 aliphatic carbocycles. The van der Waals surface area contributed by atoms with Gasteiger partial charge in [-0.1, -0.05) is 13.0 Å². The average Bonchev–Trinajstić information content (AvgIpc) is 2.44. The number of carbonyl (C=O) groups is 2. The Morgan fingerprint density at radius 1 is 1.40 bits per heavy atom. The smallest absolute Gasteiger partial charge is 0.320 e. The number of amides is 2. The predicted molar refractivity (Wildman–Crippen MR) is 75.1 cm³/mol. The normalized spacial score (nSPS) is 11.8. The van der Waals surface area contributed by atoms with E-state index in [0.717, 1.165) is 5.69 Å². The van der Waals surface area contributed by atoms with Crippen LogP contribution in [0.1, 0.15) is 19.5 Å². The molecule has 0 saturated carbocycles. The zero-order chi connectivity index (χ0) is 15.1. The topological polar surface area (TPSA) is 73.7 Å². The summed E-state index contributed by atoms with van der Waals surface area (Å²) in [4.78, 5) is 30.4. The van der Waals surface area contributed by atoms with Crippen LogP contribution in [-0.4, -0.2) is 52.0 Å². The van der Waals surface area contributed by atoms with Crippen LogP contribution in [0.2, 0.25) is 0 Å². The molecule has 0 spiro atoms. The molecule has 0 fully saturated rings. The minimum Gasteiger partial charge on any atom is -0.481 e. The van der Waals surface area contributed by atoms with Crippen LogP contribution in [0.25, 0.3) is 0 Å². The van der Waals surface area contributed by atoms with Gasteiger partial charge in [-0.05, 0) is 19.1 Å². The lowest BCUT2D eigenvalue weighted by Crippen LogP contribution is -2.43. The predicted octanol–water partition coefficient (Wildman–Crippen LogP) is 1.68. The van der Waals surface area contributed by atoms with Crippen LogP contribution in [0.15, 0.2) is 24.4 Å². The molecule has 0 radical (unpaired) electrons. The lowest BCUT2D eigenvalue weighted by atomic mass is 10.2. The fraction of sp³-hybridized carbons (Fsp3) is 0.500. The molecule has 1 heterocycles. The average molecular weight is 279 g/mol. The van der Waals surface area contributed by atoms with E-state index in [2.05, 4.69) is 4.98 Å². The molecule has 0 aliphatic heterocycles. The zero-order valence-electron chi connectivity index (χ0n) is 12.1. The van der Waals surface area contributed by atoms with E-state index in [1.807, 2.05) is 25.1 Å². The Morgan fingerprint density at radius 3 is 2.60 bits per heavy atom. The number of aliphatic carboxylic acids is 1. The number of hydrogen-bond acceptors (Lipinski definition) is 3. The van der Waals surface area contributed by atoms with Crippen molar-refractivity contribution >= 4 is 12.0 Å². The summed E-state index contributed by atoms with van der Waals surface area (Å²) in [6, 6.07) is 5.34. The van der Waals surface area contributed by atoms with E-state index in [1.54, 1.807) is 25.1 Å². The van der Waals surface area contributed by atoms with Crippen molar-refractivity contribution < 1.29 is 14.7 Å². The molecule has 1 rings (SSSR count). The van der Waals surface area contributed by atoms with Crippen molar-refractivity contribution in [2.45, 2.75) is 20.4 Å². The van der Waals surface area contributed by atoms with Crippen molar-refractivity contribution in [3.8, 4) is 0 Å². The number of urea groups is 1. The van der Waals surface area contributed by atoms with Crippen LogP contribution >= 0.6 is 0 Å². The van der Waals surface area contributed by atoms with Crippen LogP contribution in [0.3, 0.4) is 0 Å². The minimum absolute atomic E-state index is 0.189. The van der Waals surface area contributed by atoms with E-state index < -0.39 is 11.9 Å². The van der Waals surface area contributed by atoms with E-state index in [4.69, 9.17) is 5.11 Å². The third kappa shape index (κ3) is 4.53. The van der Waals surface area contributed by atoms with Crippen LogP contribution in [-0.2, 0) is 11.3 Å². The highest BCUT2D eigenvalue weighted by Crippen LogP contribution is 2.06. The van der Waals surface area contributed by atoms with E-state index in [1.165, 1.54) is 4.90 Å². The third-order valence-electron chi connectivity index (χ3n) is 3.02. The molecule has 1 atom stereocenters. The molecule has 6 nitrogen and oxygen atoms in total. The third-order valence-corrected chi connectivity index (χ3v) is 3.02. The van der Waals surface area contributed by atoms with Crippen molar-refractivity contribution in [1.82, 2.24) is 14.8 Å². The van der Waals surface area contributed by atoms with Gasteiger partial charge in [0.15, 0.2) is 0 Å². The van der Waals surface area contributed by atoms with Crippen molar-refractivity contribution in [3.63, 3.8) is 0 Å². The minimum atomic E-state index is -0.899. The Kier molecular flexibility index (Phi) is 5.96. The first kappa shape index (κ1) is 15.9. The maximum absolute atomic E-state index is 12.3. The molecular weight excluding hydrogens is 258 g/mol. The van der Waals surface area contributed by atoms with Gasteiger partial charge in [-0.3, -0.25) is 9.78 Å². The van der Waals surface area contributed by atoms with Gasteiger partial charge in [-0.25, -0.2) is 4.79 Å². The fourth-order valence-corrected chi connectivity index (χ4v) is 1.79.